The van der Waals surface area contributed by atoms with Crippen LogP contribution in [0.25, 0.3) is 0 Å². The number of ether oxygens (including phenoxy) is 1. The third-order valence-electron chi connectivity index (χ3n) is 1.94. The van der Waals surface area contributed by atoms with Gasteiger partial charge in [-0.3, -0.25) is 0 Å². The van der Waals surface area contributed by atoms with Crippen molar-refractivity contribution in [2.24, 2.45) is 0 Å². The topological polar surface area (TPSA) is 21.3 Å². The largest absolute Gasteiger partial charge is 0.486 e. The fraction of sp³-hybridized carbons (Fsp3) is 0.455. The van der Waals surface area contributed by atoms with E-state index in [4.69, 9.17) is 4.74 Å². The Morgan fingerprint density at radius 3 is 2.75 bits per heavy atom. The Hall–Kier alpha value is -0.680. The summed E-state index contributed by atoms with van der Waals surface area (Å²) >= 11 is 3.29. The molecule has 0 saturated heterocycles. The van der Waals surface area contributed by atoms with Gasteiger partial charge in [-0.2, -0.15) is 0 Å². The summed E-state index contributed by atoms with van der Waals surface area (Å²) in [4.78, 5) is 0. The van der Waals surface area contributed by atoms with Crippen molar-refractivity contribution in [2.75, 3.05) is 13.2 Å². The molecule has 0 heterocycles. The van der Waals surface area contributed by atoms with Gasteiger partial charge in [0.25, 0.3) is 6.43 Å². The van der Waals surface area contributed by atoms with Crippen LogP contribution in [-0.2, 0) is 6.54 Å². The second-order valence-electron chi connectivity index (χ2n) is 3.25. The van der Waals surface area contributed by atoms with E-state index in [2.05, 4.69) is 21.2 Å². The number of benzene rings is 1. The Labute approximate surface area is 102 Å². The maximum absolute atomic E-state index is 11.9. The normalized spacial score (nSPS) is 10.8. The summed E-state index contributed by atoms with van der Waals surface area (Å²) < 4.78 is 29.5. The lowest BCUT2D eigenvalue weighted by atomic mass is 10.2. The minimum Gasteiger partial charge on any atom is -0.486 e. The molecule has 0 amide bonds. The molecule has 5 heteroatoms. The molecular weight excluding hydrogens is 280 g/mol. The fourth-order valence-electron chi connectivity index (χ4n) is 1.19. The molecule has 0 atom stereocenters. The van der Waals surface area contributed by atoms with Crippen molar-refractivity contribution in [1.29, 1.82) is 0 Å². The molecule has 0 unspecified atom stereocenters. The Morgan fingerprint density at radius 2 is 2.19 bits per heavy atom. The van der Waals surface area contributed by atoms with E-state index < -0.39 is 13.0 Å². The van der Waals surface area contributed by atoms with E-state index in [1.54, 1.807) is 6.07 Å². The van der Waals surface area contributed by atoms with E-state index >= 15 is 0 Å². The molecule has 0 aliphatic rings. The van der Waals surface area contributed by atoms with Crippen LogP contribution in [-0.4, -0.2) is 19.6 Å². The van der Waals surface area contributed by atoms with Gasteiger partial charge in [-0.1, -0.05) is 13.0 Å². The monoisotopic (exact) mass is 293 g/mol. The van der Waals surface area contributed by atoms with Gasteiger partial charge >= 0.3 is 0 Å². The van der Waals surface area contributed by atoms with E-state index in [0.29, 0.717) is 10.2 Å². The maximum Gasteiger partial charge on any atom is 0.272 e. The number of hydrogen-bond donors (Lipinski definition) is 1. The molecule has 90 valence electrons. The first kappa shape index (κ1) is 13.4. The molecule has 0 aliphatic carbocycles. The van der Waals surface area contributed by atoms with Gasteiger partial charge in [0.2, 0.25) is 0 Å². The molecule has 1 aromatic rings. The second-order valence-corrected chi connectivity index (χ2v) is 4.10. The van der Waals surface area contributed by atoms with Crippen molar-refractivity contribution in [1.82, 2.24) is 5.32 Å². The third-order valence-corrected chi connectivity index (χ3v) is 2.56. The lowest BCUT2D eigenvalue weighted by Crippen LogP contribution is -2.12. The van der Waals surface area contributed by atoms with Crippen molar-refractivity contribution in [3.8, 4) is 5.75 Å². The molecule has 0 fully saturated rings. The number of hydrogen-bond acceptors (Lipinski definition) is 2. The van der Waals surface area contributed by atoms with E-state index in [1.165, 1.54) is 0 Å². The Morgan fingerprint density at radius 1 is 1.44 bits per heavy atom. The van der Waals surface area contributed by atoms with Crippen molar-refractivity contribution >= 4 is 15.9 Å². The van der Waals surface area contributed by atoms with E-state index in [9.17, 15) is 8.78 Å². The van der Waals surface area contributed by atoms with Gasteiger partial charge in [0.15, 0.2) is 0 Å². The molecule has 0 saturated carbocycles. The van der Waals surface area contributed by atoms with Crippen LogP contribution in [0.2, 0.25) is 0 Å². The second kappa shape index (κ2) is 6.81. The number of halogens is 3. The summed E-state index contributed by atoms with van der Waals surface area (Å²) in [6.07, 6.45) is -2.45. The van der Waals surface area contributed by atoms with Gasteiger partial charge in [-0.25, -0.2) is 8.78 Å². The summed E-state index contributed by atoms with van der Waals surface area (Å²) in [5, 5.41) is 3.18. The van der Waals surface area contributed by atoms with Crippen molar-refractivity contribution in [3.05, 3.63) is 28.2 Å². The van der Waals surface area contributed by atoms with E-state index in [-0.39, 0.29) is 0 Å². The van der Waals surface area contributed by atoms with Crippen LogP contribution in [0.15, 0.2) is 22.7 Å². The highest BCUT2D eigenvalue weighted by Gasteiger charge is 2.07. The predicted octanol–water partition coefficient (Wildman–Crippen LogP) is 3.20. The summed E-state index contributed by atoms with van der Waals surface area (Å²) in [7, 11) is 0. The SMILES string of the molecule is CCNCc1ccc(OCC(F)F)c(Br)c1. The first-order valence-electron chi connectivity index (χ1n) is 5.03. The summed E-state index contributed by atoms with van der Waals surface area (Å²) in [5.41, 5.74) is 1.08. The lowest BCUT2D eigenvalue weighted by Gasteiger charge is -2.09. The zero-order valence-corrected chi connectivity index (χ0v) is 10.6. The molecular formula is C11H14BrF2NO. The van der Waals surface area contributed by atoms with Gasteiger partial charge in [-0.05, 0) is 40.2 Å². The van der Waals surface area contributed by atoms with Crippen LogP contribution in [0.5, 0.6) is 5.75 Å². The summed E-state index contributed by atoms with van der Waals surface area (Å²) in [5.74, 6) is 0.445. The van der Waals surface area contributed by atoms with Gasteiger partial charge < -0.3 is 10.1 Å². The standard InChI is InChI=1S/C11H14BrF2NO/c1-2-15-6-8-3-4-10(9(12)5-8)16-7-11(13)14/h3-5,11,15H,2,6-7H2,1H3. The first-order chi connectivity index (χ1) is 7.63. The molecule has 2 nitrogen and oxygen atoms in total. The Balaban J connectivity index is 2.60. The summed E-state index contributed by atoms with van der Waals surface area (Å²) in [6, 6.07) is 5.41. The minimum absolute atomic E-state index is 0.445. The molecule has 0 aromatic heterocycles. The predicted molar refractivity (Wildman–Crippen MR) is 63.0 cm³/mol. The highest BCUT2D eigenvalue weighted by atomic mass is 79.9. The van der Waals surface area contributed by atoms with Crippen LogP contribution in [0.1, 0.15) is 12.5 Å². The van der Waals surface area contributed by atoms with Crippen LogP contribution in [0.3, 0.4) is 0 Å². The smallest absolute Gasteiger partial charge is 0.272 e. The van der Waals surface area contributed by atoms with Crippen molar-refractivity contribution in [3.63, 3.8) is 0 Å². The van der Waals surface area contributed by atoms with Crippen LogP contribution in [0, 0.1) is 0 Å². The van der Waals surface area contributed by atoms with Crippen LogP contribution >= 0.6 is 15.9 Å². The Bertz CT molecular complexity index is 334. The average Bonchev–Trinajstić information content (AvgIpc) is 2.24. The number of nitrogens with one attached hydrogen (secondary N) is 1. The molecule has 1 aromatic carbocycles. The molecule has 0 aliphatic heterocycles. The van der Waals surface area contributed by atoms with Gasteiger partial charge in [0.1, 0.15) is 12.4 Å². The summed E-state index contributed by atoms with van der Waals surface area (Å²) in [6.45, 7) is 3.09. The van der Waals surface area contributed by atoms with E-state index in [0.717, 1.165) is 18.7 Å². The molecule has 0 spiro atoms. The van der Waals surface area contributed by atoms with Gasteiger partial charge in [-0.15, -0.1) is 0 Å². The van der Waals surface area contributed by atoms with Gasteiger partial charge in [0, 0.05) is 6.54 Å². The maximum atomic E-state index is 11.9. The quantitative estimate of drug-likeness (QED) is 0.870. The average molecular weight is 294 g/mol. The third kappa shape index (κ3) is 4.45. The fourth-order valence-corrected chi connectivity index (χ4v) is 1.73. The zero-order chi connectivity index (χ0) is 12.0. The molecule has 0 bridgehead atoms. The first-order valence-corrected chi connectivity index (χ1v) is 5.83. The molecule has 1 N–H and O–H groups in total. The van der Waals surface area contributed by atoms with Gasteiger partial charge in [0.05, 0.1) is 4.47 Å². The minimum atomic E-state index is -2.45. The highest BCUT2D eigenvalue weighted by Crippen LogP contribution is 2.26. The van der Waals surface area contributed by atoms with Crippen molar-refractivity contribution < 1.29 is 13.5 Å². The number of rotatable bonds is 6. The van der Waals surface area contributed by atoms with Crippen LogP contribution in [0.4, 0.5) is 8.78 Å². The Kier molecular flexibility index (Phi) is 5.69. The number of alkyl halides is 2. The lowest BCUT2D eigenvalue weighted by molar-refractivity contribution is 0.0815. The van der Waals surface area contributed by atoms with E-state index in [1.807, 2.05) is 19.1 Å². The molecule has 16 heavy (non-hydrogen) atoms. The van der Waals surface area contributed by atoms with Crippen molar-refractivity contribution in [2.45, 2.75) is 19.9 Å². The molecule has 1 rings (SSSR count). The molecule has 0 radical (unpaired) electrons. The van der Waals surface area contributed by atoms with Crippen LogP contribution < -0.4 is 10.1 Å². The zero-order valence-electron chi connectivity index (χ0n) is 8.97. The highest BCUT2D eigenvalue weighted by molar-refractivity contribution is 9.10.